The molecular formula is C9H11Cl2Mg2O5P. The Morgan fingerprint density at radius 3 is 1.84 bits per heavy atom. The molecule has 0 saturated heterocycles. The average Bonchev–Trinajstić information content (AvgIpc) is 2.14. The van der Waals surface area contributed by atoms with E-state index in [0.29, 0.717) is 12.4 Å². The molecule has 1 aromatic carbocycles. The second kappa shape index (κ2) is 14.0. The molecule has 10 heteroatoms. The molecule has 19 heavy (non-hydrogen) atoms. The third-order valence-electron chi connectivity index (χ3n) is 1.51. The van der Waals surface area contributed by atoms with Crippen molar-refractivity contribution in [3.05, 3.63) is 24.3 Å². The van der Waals surface area contributed by atoms with Crippen LogP contribution in [0.1, 0.15) is 13.3 Å². The van der Waals surface area contributed by atoms with Gasteiger partial charge < -0.3 is 48.4 Å². The zero-order valence-corrected chi connectivity index (χ0v) is 15.6. The van der Waals surface area contributed by atoms with Crippen LogP contribution in [0.5, 0.6) is 11.5 Å². The summed E-state index contributed by atoms with van der Waals surface area (Å²) < 4.78 is 19.7. The summed E-state index contributed by atoms with van der Waals surface area (Å²) in [5, 5.41) is 0. The summed E-state index contributed by atoms with van der Waals surface area (Å²) in [7, 11) is -4.96. The first-order valence-corrected chi connectivity index (χ1v) is 5.92. The number of hydrogen-bond donors (Lipinski definition) is 0. The van der Waals surface area contributed by atoms with Crippen LogP contribution in [-0.4, -0.2) is 52.7 Å². The molecule has 0 saturated carbocycles. The van der Waals surface area contributed by atoms with Gasteiger partial charge in [-0.25, -0.2) is 0 Å². The van der Waals surface area contributed by atoms with E-state index in [1.807, 2.05) is 6.92 Å². The van der Waals surface area contributed by atoms with Crippen LogP contribution in [0.25, 0.3) is 0 Å². The minimum atomic E-state index is -4.96. The third-order valence-corrected chi connectivity index (χ3v) is 1.95. The molecule has 0 unspecified atom stereocenters. The first kappa shape index (κ1) is 28.3. The van der Waals surface area contributed by atoms with Crippen molar-refractivity contribution in [1.82, 2.24) is 0 Å². The van der Waals surface area contributed by atoms with E-state index in [0.717, 1.165) is 6.42 Å². The topological polar surface area (TPSA) is 81.7 Å². The molecule has 0 amide bonds. The van der Waals surface area contributed by atoms with Crippen LogP contribution in [0.15, 0.2) is 24.3 Å². The zero-order valence-electron chi connectivity index (χ0n) is 10.4. The largest absolute Gasteiger partial charge is 2.00 e. The summed E-state index contributed by atoms with van der Waals surface area (Å²) in [4.78, 5) is 20.6. The van der Waals surface area contributed by atoms with E-state index < -0.39 is 7.82 Å². The van der Waals surface area contributed by atoms with Crippen molar-refractivity contribution >= 4 is 53.9 Å². The zero-order chi connectivity index (χ0) is 11.3. The number of ether oxygens (including phenoxy) is 1. The molecule has 5 nitrogen and oxygen atoms in total. The molecule has 1 rings (SSSR count). The van der Waals surface area contributed by atoms with Crippen molar-refractivity contribution in [2.75, 3.05) is 6.61 Å². The van der Waals surface area contributed by atoms with Gasteiger partial charge in [-0.3, -0.25) is 0 Å². The van der Waals surface area contributed by atoms with Crippen LogP contribution >= 0.6 is 7.82 Å². The minimum Gasteiger partial charge on any atom is -1.00 e. The van der Waals surface area contributed by atoms with Gasteiger partial charge in [0.25, 0.3) is 0 Å². The molecule has 0 aliphatic rings. The second-order valence-electron chi connectivity index (χ2n) is 2.86. The predicted octanol–water partition coefficient (Wildman–Crippen LogP) is -6.07. The summed E-state index contributed by atoms with van der Waals surface area (Å²) in [5.41, 5.74) is 0. The van der Waals surface area contributed by atoms with Crippen molar-refractivity contribution in [3.8, 4) is 11.5 Å². The molecule has 0 N–H and O–H groups in total. The molecule has 100 valence electrons. The summed E-state index contributed by atoms with van der Waals surface area (Å²) in [6.45, 7) is 2.56. The predicted molar refractivity (Wildman–Crippen MR) is 62.0 cm³/mol. The van der Waals surface area contributed by atoms with Crippen LogP contribution in [0, 0.1) is 0 Å². The van der Waals surface area contributed by atoms with Gasteiger partial charge in [0, 0.05) is 0 Å². The van der Waals surface area contributed by atoms with Crippen LogP contribution < -0.4 is 43.9 Å². The minimum absolute atomic E-state index is 0. The van der Waals surface area contributed by atoms with Crippen LogP contribution in [0.2, 0.25) is 0 Å². The van der Waals surface area contributed by atoms with Crippen molar-refractivity contribution in [1.29, 1.82) is 0 Å². The molecule has 0 bridgehead atoms. The number of benzene rings is 1. The normalized spacial score (nSPS) is 8.79. The summed E-state index contributed by atoms with van der Waals surface area (Å²) in [5.74, 6) is 0.600. The Morgan fingerprint density at radius 2 is 1.47 bits per heavy atom. The molecule has 0 heterocycles. The monoisotopic (exact) mass is 348 g/mol. The molecule has 0 fully saturated rings. The van der Waals surface area contributed by atoms with Crippen molar-refractivity contribution in [2.45, 2.75) is 13.3 Å². The first-order valence-electron chi connectivity index (χ1n) is 4.46. The fourth-order valence-electron chi connectivity index (χ4n) is 0.946. The molecule has 0 aliphatic carbocycles. The Labute approximate surface area is 157 Å². The molecule has 0 aromatic heterocycles. The maximum Gasteiger partial charge on any atom is 2.00 e. The van der Waals surface area contributed by atoms with Gasteiger partial charge in [-0.15, -0.1) is 0 Å². The van der Waals surface area contributed by atoms with Gasteiger partial charge in [-0.1, -0.05) is 6.92 Å². The molecule has 0 atom stereocenters. The van der Waals surface area contributed by atoms with Crippen LogP contribution in [0.3, 0.4) is 0 Å². The maximum absolute atomic E-state index is 10.3. The Balaban J connectivity index is -0.000000281. The Bertz CT molecular complexity index is 360. The maximum atomic E-state index is 10.3. The van der Waals surface area contributed by atoms with Gasteiger partial charge in [0.05, 0.1) is 6.61 Å². The van der Waals surface area contributed by atoms with Crippen molar-refractivity contribution in [2.24, 2.45) is 0 Å². The second-order valence-corrected chi connectivity index (χ2v) is 3.94. The molecule has 1 aromatic rings. The SMILES string of the molecule is CCCOc1ccc(OP(=O)([O-])[O-])cc1.[Cl-].[Cl-].[Mg+2].[Mg+2]. The van der Waals surface area contributed by atoms with Crippen molar-refractivity contribution in [3.63, 3.8) is 0 Å². The Morgan fingerprint density at radius 1 is 1.05 bits per heavy atom. The van der Waals surface area contributed by atoms with Crippen LogP contribution in [-0.2, 0) is 4.57 Å². The van der Waals surface area contributed by atoms with E-state index in [1.54, 1.807) is 12.1 Å². The summed E-state index contributed by atoms with van der Waals surface area (Å²) in [6, 6.07) is 5.82. The molecule has 0 spiro atoms. The van der Waals surface area contributed by atoms with Gasteiger partial charge in [-0.05, 0) is 30.7 Å². The van der Waals surface area contributed by atoms with E-state index >= 15 is 0 Å². The van der Waals surface area contributed by atoms with Gasteiger partial charge in [0.15, 0.2) is 0 Å². The summed E-state index contributed by atoms with van der Waals surface area (Å²) >= 11 is 0. The fraction of sp³-hybridized carbons (Fsp3) is 0.333. The smallest absolute Gasteiger partial charge is 1.00 e. The van der Waals surface area contributed by atoms with Gasteiger partial charge in [0.1, 0.15) is 19.3 Å². The van der Waals surface area contributed by atoms with Gasteiger partial charge >= 0.3 is 46.1 Å². The van der Waals surface area contributed by atoms with Gasteiger partial charge in [-0.2, -0.15) is 0 Å². The Hall–Kier alpha value is 1.08. The van der Waals surface area contributed by atoms with Crippen LogP contribution in [0.4, 0.5) is 0 Å². The average molecular weight is 350 g/mol. The first-order chi connectivity index (χ1) is 7.01. The third kappa shape index (κ3) is 13.8. The molecule has 0 radical (unpaired) electrons. The van der Waals surface area contributed by atoms with E-state index in [-0.39, 0.29) is 76.7 Å². The summed E-state index contributed by atoms with van der Waals surface area (Å²) in [6.07, 6.45) is 0.884. The van der Waals surface area contributed by atoms with Gasteiger partial charge in [0.2, 0.25) is 0 Å². The fourth-order valence-corrected chi connectivity index (χ4v) is 1.33. The van der Waals surface area contributed by atoms with E-state index in [4.69, 9.17) is 4.74 Å². The van der Waals surface area contributed by atoms with E-state index in [2.05, 4.69) is 4.52 Å². The standard InChI is InChI=1S/C9H13O5P.2ClH.2Mg/c1-2-7-13-8-3-5-9(6-4-8)14-15(10,11)12;;;;/h3-6H,2,7H2,1H3,(H2,10,11,12);2*1H;;/q;;;2*+2/p-4. The number of rotatable bonds is 5. The number of phosphoric ester groups is 1. The van der Waals surface area contributed by atoms with Crippen molar-refractivity contribution < 1.29 is 48.4 Å². The van der Waals surface area contributed by atoms with E-state index in [1.165, 1.54) is 12.1 Å². The molecule has 0 aliphatic heterocycles. The number of hydrogen-bond acceptors (Lipinski definition) is 5. The number of phosphoric acid groups is 1. The quantitative estimate of drug-likeness (QED) is 0.390. The molecular weight excluding hydrogens is 339 g/mol. The van der Waals surface area contributed by atoms with E-state index in [9.17, 15) is 14.4 Å². The number of halogens is 2. The Kier molecular flexibility index (Phi) is 20.9.